The number of methoxy groups -OCH3 is 1. The van der Waals surface area contributed by atoms with Gasteiger partial charge in [-0.1, -0.05) is 12.1 Å². The molecule has 2 saturated heterocycles. The number of nitrogens with one attached hydrogen (secondary N) is 1. The molecule has 10 nitrogen and oxygen atoms in total. The molecule has 5 rings (SSSR count). The van der Waals surface area contributed by atoms with Crippen LogP contribution in [0, 0.1) is 0 Å². The van der Waals surface area contributed by atoms with E-state index in [0.717, 1.165) is 48.5 Å². The number of likely N-dealkylation sites (N-methyl/N-ethyl adjacent to an activating group) is 1. The van der Waals surface area contributed by atoms with Crippen LogP contribution in [0.2, 0.25) is 0 Å². The summed E-state index contributed by atoms with van der Waals surface area (Å²) in [6.07, 6.45) is 1.49. The van der Waals surface area contributed by atoms with Gasteiger partial charge in [-0.15, -0.1) is 0 Å². The number of aromatic nitrogens is 4. The molecule has 0 radical (unpaired) electrons. The van der Waals surface area contributed by atoms with Crippen LogP contribution in [0.5, 0.6) is 0 Å². The Morgan fingerprint density at radius 3 is 2.38 bits per heavy atom. The lowest BCUT2D eigenvalue weighted by Gasteiger charge is -2.43. The van der Waals surface area contributed by atoms with Crippen LogP contribution < -0.4 is 9.80 Å². The molecule has 4 heterocycles. The zero-order valence-electron chi connectivity index (χ0n) is 20.2. The lowest BCUT2D eigenvalue weighted by Crippen LogP contribution is -2.58. The van der Waals surface area contributed by atoms with Crippen LogP contribution in [0.4, 0.5) is 16.4 Å². The van der Waals surface area contributed by atoms with Crippen LogP contribution in [-0.2, 0) is 4.74 Å². The Morgan fingerprint density at radius 2 is 1.74 bits per heavy atom. The number of carbonyl (C=O) groups is 1. The van der Waals surface area contributed by atoms with E-state index in [1.165, 1.54) is 12.8 Å². The molecule has 1 N–H and O–H groups in total. The van der Waals surface area contributed by atoms with E-state index in [4.69, 9.17) is 9.72 Å². The first-order valence-electron chi connectivity index (χ1n) is 11.8. The Bertz CT molecular complexity index is 1140. The number of benzene rings is 1. The highest BCUT2D eigenvalue weighted by molar-refractivity contribution is 5.90. The summed E-state index contributed by atoms with van der Waals surface area (Å²) in [5.41, 5.74) is 4.67. The van der Waals surface area contributed by atoms with Gasteiger partial charge < -0.3 is 24.3 Å². The third-order valence-electron chi connectivity index (χ3n) is 6.88. The summed E-state index contributed by atoms with van der Waals surface area (Å²) >= 11 is 0. The van der Waals surface area contributed by atoms with Gasteiger partial charge in [0.15, 0.2) is 0 Å². The van der Waals surface area contributed by atoms with E-state index >= 15 is 0 Å². The number of carbonyl (C=O) groups excluding carboxylic acids is 1. The number of hydrogen-bond acceptors (Lipinski definition) is 8. The molecular formula is C24H32N8O2. The molecular weight excluding hydrogens is 432 g/mol. The van der Waals surface area contributed by atoms with Gasteiger partial charge in [-0.2, -0.15) is 5.10 Å². The van der Waals surface area contributed by atoms with Crippen molar-refractivity contribution in [3.63, 3.8) is 0 Å². The van der Waals surface area contributed by atoms with Crippen molar-refractivity contribution in [2.45, 2.75) is 25.9 Å². The minimum atomic E-state index is -0.299. The topological polar surface area (TPSA) is 93.7 Å². The number of piperazine rings is 2. The zero-order valence-corrected chi connectivity index (χ0v) is 20.2. The number of ether oxygens (including phenoxy) is 1. The van der Waals surface area contributed by atoms with Crippen molar-refractivity contribution >= 4 is 28.8 Å². The molecule has 0 bridgehead atoms. The van der Waals surface area contributed by atoms with Crippen molar-refractivity contribution in [2.75, 3.05) is 63.2 Å². The van der Waals surface area contributed by atoms with Crippen molar-refractivity contribution in [2.24, 2.45) is 0 Å². The molecule has 2 aliphatic heterocycles. The van der Waals surface area contributed by atoms with Crippen LogP contribution in [0.25, 0.3) is 22.3 Å². The average Bonchev–Trinajstić information content (AvgIpc) is 3.27. The van der Waals surface area contributed by atoms with Crippen LogP contribution >= 0.6 is 0 Å². The smallest absolute Gasteiger partial charge is 0.409 e. The van der Waals surface area contributed by atoms with Gasteiger partial charge in [0.1, 0.15) is 16.7 Å². The lowest BCUT2D eigenvalue weighted by atomic mass is 10.1. The van der Waals surface area contributed by atoms with Gasteiger partial charge in [0.2, 0.25) is 5.95 Å². The standard InChI is InChI=1S/C24H32N8O2/c1-16-14-31(24(33)34-4)15-17(2)32(16)23-25-13-20-22(26-23)21(28-27-20)18-5-7-19(8-6-18)30-11-9-29(3)10-12-30/h5-8,13,16-17H,9-12,14-15H2,1-4H3,(H,27,28)/t16-,17+. The first kappa shape index (κ1) is 22.4. The second-order valence-corrected chi connectivity index (χ2v) is 9.32. The predicted octanol–water partition coefficient (Wildman–Crippen LogP) is 2.44. The summed E-state index contributed by atoms with van der Waals surface area (Å²) in [4.78, 5) is 30.2. The highest BCUT2D eigenvalue weighted by Gasteiger charge is 2.34. The quantitative estimate of drug-likeness (QED) is 0.632. The van der Waals surface area contributed by atoms with Crippen molar-refractivity contribution in [3.8, 4) is 11.3 Å². The third kappa shape index (κ3) is 4.13. The van der Waals surface area contributed by atoms with Gasteiger partial charge in [-0.05, 0) is 33.0 Å². The number of hydrogen-bond donors (Lipinski definition) is 1. The van der Waals surface area contributed by atoms with E-state index in [9.17, 15) is 4.79 Å². The SMILES string of the molecule is COC(=O)N1C[C@@H](C)N(c2ncc3[nH]nc(-c4ccc(N5CCN(C)CC5)cc4)c3n2)[C@@H](C)C1. The van der Waals surface area contributed by atoms with Gasteiger partial charge in [-0.3, -0.25) is 5.10 Å². The summed E-state index contributed by atoms with van der Waals surface area (Å²) in [5, 5.41) is 7.63. The molecule has 0 aliphatic carbocycles. The Labute approximate surface area is 199 Å². The number of aromatic amines is 1. The maximum atomic E-state index is 12.0. The molecule has 0 unspecified atom stereocenters. The van der Waals surface area contributed by atoms with Crippen molar-refractivity contribution in [1.82, 2.24) is 30.0 Å². The Balaban J connectivity index is 1.40. The van der Waals surface area contributed by atoms with Gasteiger partial charge in [0, 0.05) is 62.6 Å². The number of amides is 1. The highest BCUT2D eigenvalue weighted by atomic mass is 16.5. The molecule has 2 fully saturated rings. The average molecular weight is 465 g/mol. The number of anilines is 2. The second-order valence-electron chi connectivity index (χ2n) is 9.32. The van der Waals surface area contributed by atoms with Gasteiger partial charge in [-0.25, -0.2) is 14.8 Å². The molecule has 0 saturated carbocycles. The number of rotatable bonds is 3. The van der Waals surface area contributed by atoms with Crippen molar-refractivity contribution in [1.29, 1.82) is 0 Å². The highest BCUT2D eigenvalue weighted by Crippen LogP contribution is 2.29. The summed E-state index contributed by atoms with van der Waals surface area (Å²) in [6.45, 7) is 9.51. The normalized spacial score (nSPS) is 21.8. The second kappa shape index (κ2) is 9.09. The number of nitrogens with zero attached hydrogens (tertiary/aromatic N) is 7. The van der Waals surface area contributed by atoms with E-state index in [1.807, 2.05) is 0 Å². The summed E-state index contributed by atoms with van der Waals surface area (Å²) in [7, 11) is 3.58. The van der Waals surface area contributed by atoms with Crippen LogP contribution in [-0.4, -0.2) is 102 Å². The largest absolute Gasteiger partial charge is 0.453 e. The minimum Gasteiger partial charge on any atom is -0.453 e. The number of fused-ring (bicyclic) bond motifs is 1. The Kier molecular flexibility index (Phi) is 5.99. The van der Waals surface area contributed by atoms with Gasteiger partial charge >= 0.3 is 6.09 Å². The zero-order chi connectivity index (χ0) is 23.8. The first-order valence-corrected chi connectivity index (χ1v) is 11.8. The third-order valence-corrected chi connectivity index (χ3v) is 6.88. The van der Waals surface area contributed by atoms with Crippen LogP contribution in [0.3, 0.4) is 0 Å². The van der Waals surface area contributed by atoms with Crippen molar-refractivity contribution < 1.29 is 9.53 Å². The minimum absolute atomic E-state index is 0.0542. The molecule has 2 atom stereocenters. The van der Waals surface area contributed by atoms with E-state index in [2.05, 4.69) is 75.0 Å². The molecule has 180 valence electrons. The first-order chi connectivity index (χ1) is 16.4. The van der Waals surface area contributed by atoms with Crippen LogP contribution in [0.1, 0.15) is 13.8 Å². The Morgan fingerprint density at radius 1 is 1.06 bits per heavy atom. The molecule has 3 aromatic rings. The van der Waals surface area contributed by atoms with E-state index < -0.39 is 0 Å². The summed E-state index contributed by atoms with van der Waals surface area (Å²) < 4.78 is 4.91. The van der Waals surface area contributed by atoms with Crippen LogP contribution in [0.15, 0.2) is 30.5 Å². The van der Waals surface area contributed by atoms with E-state index in [1.54, 1.807) is 11.1 Å². The fraction of sp³-hybridized carbons (Fsp3) is 0.500. The number of H-pyrrole nitrogens is 1. The summed E-state index contributed by atoms with van der Waals surface area (Å²) in [5.74, 6) is 0.647. The maximum absolute atomic E-state index is 12.0. The van der Waals surface area contributed by atoms with Gasteiger partial charge in [0.25, 0.3) is 0 Å². The summed E-state index contributed by atoms with van der Waals surface area (Å²) in [6, 6.07) is 8.67. The molecule has 0 spiro atoms. The van der Waals surface area contributed by atoms with Gasteiger partial charge in [0.05, 0.1) is 13.3 Å². The fourth-order valence-electron chi connectivity index (χ4n) is 5.02. The molecule has 1 aromatic carbocycles. The molecule has 2 aliphatic rings. The van der Waals surface area contributed by atoms with Crippen molar-refractivity contribution in [3.05, 3.63) is 30.5 Å². The fourth-order valence-corrected chi connectivity index (χ4v) is 5.02. The molecule has 10 heteroatoms. The van der Waals surface area contributed by atoms with E-state index in [0.29, 0.717) is 19.0 Å². The predicted molar refractivity (Wildman–Crippen MR) is 132 cm³/mol. The molecule has 2 aromatic heterocycles. The maximum Gasteiger partial charge on any atom is 0.409 e. The Hall–Kier alpha value is -3.40. The monoisotopic (exact) mass is 464 g/mol. The molecule has 1 amide bonds. The lowest BCUT2D eigenvalue weighted by molar-refractivity contribution is 0.109. The molecule has 34 heavy (non-hydrogen) atoms. The van der Waals surface area contributed by atoms with E-state index in [-0.39, 0.29) is 18.2 Å².